The summed E-state index contributed by atoms with van der Waals surface area (Å²) in [6.07, 6.45) is 0.423. The first-order chi connectivity index (χ1) is 12.3. The van der Waals surface area contributed by atoms with Gasteiger partial charge in [-0.25, -0.2) is 13.4 Å². The molecule has 0 saturated carbocycles. The summed E-state index contributed by atoms with van der Waals surface area (Å²) in [7, 11) is -1.53. The van der Waals surface area contributed by atoms with Crippen LogP contribution in [0.2, 0.25) is 0 Å². The van der Waals surface area contributed by atoms with Gasteiger partial charge in [0.05, 0.1) is 27.5 Å². The van der Waals surface area contributed by atoms with Crippen molar-refractivity contribution in [2.75, 3.05) is 30.9 Å². The SMILES string of the molecule is CN(C(=O)COC(=O)CSc1nc2ccccc2s1)[C@@H]1CCS(=O)(=O)C1. The number of esters is 1. The maximum atomic E-state index is 12.1. The van der Waals surface area contributed by atoms with Gasteiger partial charge in [0.1, 0.15) is 0 Å². The lowest BCUT2D eigenvalue weighted by Gasteiger charge is -2.23. The molecule has 1 aromatic carbocycles. The van der Waals surface area contributed by atoms with Crippen molar-refractivity contribution in [1.29, 1.82) is 0 Å². The number of likely N-dealkylation sites (N-methyl/N-ethyl adjacent to an activating group) is 1. The molecule has 1 atom stereocenters. The number of thiazole rings is 1. The summed E-state index contributed by atoms with van der Waals surface area (Å²) in [6, 6.07) is 7.37. The quantitative estimate of drug-likeness (QED) is 0.523. The van der Waals surface area contributed by atoms with Crippen molar-refractivity contribution in [3.8, 4) is 0 Å². The van der Waals surface area contributed by atoms with Gasteiger partial charge in [0.15, 0.2) is 20.8 Å². The van der Waals surface area contributed by atoms with Gasteiger partial charge in [-0.2, -0.15) is 0 Å². The summed E-state index contributed by atoms with van der Waals surface area (Å²) >= 11 is 2.77. The Morgan fingerprint density at radius 2 is 2.15 bits per heavy atom. The van der Waals surface area contributed by atoms with Gasteiger partial charge in [0.2, 0.25) is 0 Å². The molecule has 140 valence electrons. The van der Waals surface area contributed by atoms with Crippen molar-refractivity contribution in [1.82, 2.24) is 9.88 Å². The number of amides is 1. The number of thioether (sulfide) groups is 1. The number of para-hydroxylation sites is 1. The highest BCUT2D eigenvalue weighted by molar-refractivity contribution is 8.01. The Morgan fingerprint density at radius 1 is 1.38 bits per heavy atom. The molecule has 0 N–H and O–H groups in total. The Balaban J connectivity index is 1.44. The largest absolute Gasteiger partial charge is 0.455 e. The highest BCUT2D eigenvalue weighted by Crippen LogP contribution is 2.29. The van der Waals surface area contributed by atoms with Crippen LogP contribution in [0.25, 0.3) is 10.2 Å². The van der Waals surface area contributed by atoms with Crippen molar-refractivity contribution in [3.63, 3.8) is 0 Å². The number of hydrogen-bond acceptors (Lipinski definition) is 8. The van der Waals surface area contributed by atoms with E-state index in [1.54, 1.807) is 0 Å². The van der Waals surface area contributed by atoms with E-state index in [9.17, 15) is 18.0 Å². The molecule has 7 nitrogen and oxygen atoms in total. The lowest BCUT2D eigenvalue weighted by atomic mass is 10.2. The maximum absolute atomic E-state index is 12.1. The molecule has 1 saturated heterocycles. The van der Waals surface area contributed by atoms with Crippen molar-refractivity contribution >= 4 is 55.0 Å². The van der Waals surface area contributed by atoms with Gasteiger partial charge < -0.3 is 9.64 Å². The van der Waals surface area contributed by atoms with Gasteiger partial charge in [-0.3, -0.25) is 9.59 Å². The van der Waals surface area contributed by atoms with Gasteiger partial charge in [-0.05, 0) is 18.6 Å². The van der Waals surface area contributed by atoms with Crippen LogP contribution in [-0.4, -0.2) is 67.1 Å². The van der Waals surface area contributed by atoms with Gasteiger partial charge in [-0.1, -0.05) is 23.9 Å². The van der Waals surface area contributed by atoms with E-state index in [1.165, 1.54) is 35.0 Å². The summed E-state index contributed by atoms with van der Waals surface area (Å²) in [5, 5.41) is 0. The number of ether oxygens (including phenoxy) is 1. The second-order valence-corrected chi connectivity index (χ2v) is 10.4. The fourth-order valence-electron chi connectivity index (χ4n) is 2.60. The fourth-order valence-corrected chi connectivity index (χ4v) is 6.24. The maximum Gasteiger partial charge on any atom is 0.316 e. The molecule has 2 heterocycles. The molecule has 1 aromatic heterocycles. The van der Waals surface area contributed by atoms with Gasteiger partial charge in [-0.15, -0.1) is 11.3 Å². The molecule has 26 heavy (non-hydrogen) atoms. The first kappa shape index (κ1) is 19.1. The third-order valence-electron chi connectivity index (χ3n) is 4.09. The van der Waals surface area contributed by atoms with Crippen molar-refractivity contribution in [2.24, 2.45) is 0 Å². The minimum absolute atomic E-state index is 0.0311. The Morgan fingerprint density at radius 3 is 2.85 bits per heavy atom. The minimum Gasteiger partial charge on any atom is -0.455 e. The third kappa shape index (κ3) is 4.74. The van der Waals surface area contributed by atoms with Gasteiger partial charge in [0.25, 0.3) is 5.91 Å². The Labute approximate surface area is 159 Å². The lowest BCUT2D eigenvalue weighted by Crippen LogP contribution is -2.40. The van der Waals surface area contributed by atoms with Crippen LogP contribution in [0.3, 0.4) is 0 Å². The fraction of sp³-hybridized carbons (Fsp3) is 0.438. The molecule has 1 aliphatic rings. The average molecular weight is 415 g/mol. The van der Waals surface area contributed by atoms with Crippen molar-refractivity contribution in [2.45, 2.75) is 16.8 Å². The Kier molecular flexibility index (Phi) is 5.83. The lowest BCUT2D eigenvalue weighted by molar-refractivity contribution is -0.150. The second kappa shape index (κ2) is 7.93. The second-order valence-electron chi connectivity index (χ2n) is 5.96. The van der Waals surface area contributed by atoms with E-state index in [-0.39, 0.29) is 29.9 Å². The van der Waals surface area contributed by atoms with Crippen LogP contribution in [0.5, 0.6) is 0 Å². The number of aromatic nitrogens is 1. The summed E-state index contributed by atoms with van der Waals surface area (Å²) in [5.41, 5.74) is 0.886. The standard InChI is InChI=1S/C16H18N2O5S3/c1-18(11-6-7-26(21,22)10-11)14(19)8-23-15(20)9-24-16-17-12-4-2-3-5-13(12)25-16/h2-5,11H,6-10H2,1H3/t11-/m1/s1. The van der Waals surface area contributed by atoms with Crippen molar-refractivity contribution < 1.29 is 22.7 Å². The topological polar surface area (TPSA) is 93.6 Å². The number of nitrogens with zero attached hydrogens (tertiary/aromatic N) is 2. The average Bonchev–Trinajstić information content (AvgIpc) is 3.19. The number of carbonyl (C=O) groups is 2. The van der Waals surface area contributed by atoms with Crippen LogP contribution < -0.4 is 0 Å². The molecule has 0 unspecified atom stereocenters. The minimum atomic E-state index is -3.07. The number of hydrogen-bond donors (Lipinski definition) is 0. The highest BCUT2D eigenvalue weighted by atomic mass is 32.2. The smallest absolute Gasteiger partial charge is 0.316 e. The molecule has 2 aromatic rings. The van der Waals surface area contributed by atoms with Crippen LogP contribution in [0.15, 0.2) is 28.6 Å². The van der Waals surface area contributed by atoms with E-state index in [0.717, 1.165) is 14.6 Å². The van der Waals surface area contributed by atoms with Crippen molar-refractivity contribution in [3.05, 3.63) is 24.3 Å². The molecule has 0 radical (unpaired) electrons. The zero-order chi connectivity index (χ0) is 18.7. The van der Waals surface area contributed by atoms with Crippen LogP contribution in [0.1, 0.15) is 6.42 Å². The molecular formula is C16H18N2O5S3. The molecule has 0 aliphatic carbocycles. The zero-order valence-electron chi connectivity index (χ0n) is 14.1. The number of sulfone groups is 1. The van der Waals surface area contributed by atoms with E-state index in [0.29, 0.717) is 6.42 Å². The van der Waals surface area contributed by atoms with Gasteiger partial charge >= 0.3 is 5.97 Å². The normalized spacial score (nSPS) is 18.7. The number of rotatable bonds is 6. The summed E-state index contributed by atoms with van der Waals surface area (Å²) < 4.78 is 29.8. The monoisotopic (exact) mass is 414 g/mol. The molecule has 1 amide bonds. The molecule has 1 fully saturated rings. The summed E-state index contributed by atoms with van der Waals surface area (Å²) in [6.45, 7) is -0.383. The summed E-state index contributed by atoms with van der Waals surface area (Å²) in [4.78, 5) is 29.7. The van der Waals surface area contributed by atoms with Crippen LogP contribution in [0.4, 0.5) is 0 Å². The Bertz CT molecular complexity index is 892. The Hall–Kier alpha value is -1.65. The number of carbonyl (C=O) groups excluding carboxylic acids is 2. The first-order valence-electron chi connectivity index (χ1n) is 7.94. The third-order valence-corrected chi connectivity index (χ3v) is 8.00. The number of benzene rings is 1. The first-order valence-corrected chi connectivity index (χ1v) is 11.6. The molecule has 10 heteroatoms. The molecular weight excluding hydrogens is 396 g/mol. The van der Waals surface area contributed by atoms with E-state index < -0.39 is 21.7 Å². The molecule has 0 bridgehead atoms. The zero-order valence-corrected chi connectivity index (χ0v) is 16.5. The van der Waals surface area contributed by atoms with Crippen LogP contribution in [-0.2, 0) is 24.2 Å². The van der Waals surface area contributed by atoms with E-state index in [4.69, 9.17) is 4.74 Å². The van der Waals surface area contributed by atoms with E-state index in [2.05, 4.69) is 4.98 Å². The predicted molar refractivity (Wildman–Crippen MR) is 101 cm³/mol. The van der Waals surface area contributed by atoms with E-state index in [1.807, 2.05) is 24.3 Å². The molecule has 3 rings (SSSR count). The van der Waals surface area contributed by atoms with Crippen LogP contribution >= 0.6 is 23.1 Å². The molecule has 1 aliphatic heterocycles. The van der Waals surface area contributed by atoms with Gasteiger partial charge in [0, 0.05) is 13.1 Å². The van der Waals surface area contributed by atoms with E-state index >= 15 is 0 Å². The highest BCUT2D eigenvalue weighted by Gasteiger charge is 2.32. The predicted octanol–water partition coefficient (Wildman–Crippen LogP) is 1.58. The number of fused-ring (bicyclic) bond motifs is 1. The molecule has 0 spiro atoms. The van der Waals surface area contributed by atoms with Crippen LogP contribution in [0, 0.1) is 0 Å². The summed E-state index contributed by atoms with van der Waals surface area (Å²) in [5.74, 6) is -0.778.